The molecule has 1 saturated carbocycles. The van der Waals surface area contributed by atoms with Gasteiger partial charge in [0.05, 0.1) is 0 Å². The first-order chi connectivity index (χ1) is 11.8. The molecule has 1 N–H and O–H groups in total. The van der Waals surface area contributed by atoms with Crippen molar-refractivity contribution in [1.82, 2.24) is 0 Å². The van der Waals surface area contributed by atoms with Gasteiger partial charge in [-0.05, 0) is 35.6 Å². The van der Waals surface area contributed by atoms with Crippen molar-refractivity contribution in [3.05, 3.63) is 94.2 Å². The molecular formula is C22H18OS. The summed E-state index contributed by atoms with van der Waals surface area (Å²) >= 11 is 1.76. The van der Waals surface area contributed by atoms with E-state index < -0.39 is 5.60 Å². The minimum atomic E-state index is -1.11. The molecule has 0 radical (unpaired) electrons. The van der Waals surface area contributed by atoms with E-state index in [2.05, 4.69) is 29.4 Å². The third-order valence-electron chi connectivity index (χ3n) is 4.62. The van der Waals surface area contributed by atoms with Crippen molar-refractivity contribution in [1.29, 1.82) is 0 Å². The fourth-order valence-corrected chi connectivity index (χ4v) is 4.14. The highest BCUT2D eigenvalue weighted by Crippen LogP contribution is 2.57. The number of hydrogen-bond acceptors (Lipinski definition) is 2. The predicted octanol–water partition coefficient (Wildman–Crippen LogP) is 4.79. The van der Waals surface area contributed by atoms with Crippen LogP contribution >= 0.6 is 11.3 Å². The lowest BCUT2D eigenvalue weighted by Gasteiger charge is -2.23. The smallest absolute Gasteiger partial charge is 0.154 e. The predicted molar refractivity (Wildman–Crippen MR) is 98.8 cm³/mol. The summed E-state index contributed by atoms with van der Waals surface area (Å²) in [5.41, 5.74) is 0.712. The summed E-state index contributed by atoms with van der Waals surface area (Å²) in [5.74, 6) is 6.92. The molecule has 4 rings (SSSR count). The van der Waals surface area contributed by atoms with E-state index in [1.165, 1.54) is 4.88 Å². The van der Waals surface area contributed by atoms with E-state index in [0.29, 0.717) is 5.92 Å². The van der Waals surface area contributed by atoms with Crippen LogP contribution in [0.25, 0.3) is 0 Å². The Morgan fingerprint density at radius 1 is 0.917 bits per heavy atom. The summed E-state index contributed by atoms with van der Waals surface area (Å²) in [7, 11) is 0. The summed E-state index contributed by atoms with van der Waals surface area (Å²) in [4.78, 5) is 1.34. The Morgan fingerprint density at radius 3 is 2.29 bits per heavy atom. The molecule has 0 spiro atoms. The molecule has 0 amide bonds. The highest BCUT2D eigenvalue weighted by Gasteiger charge is 2.53. The number of benzene rings is 2. The van der Waals surface area contributed by atoms with Crippen LogP contribution in [0.1, 0.15) is 28.3 Å². The van der Waals surface area contributed by atoms with E-state index in [4.69, 9.17) is 0 Å². The second kappa shape index (κ2) is 6.28. The zero-order chi connectivity index (χ0) is 16.4. The number of hydrogen-bond donors (Lipinski definition) is 1. The van der Waals surface area contributed by atoms with E-state index in [9.17, 15) is 5.11 Å². The summed E-state index contributed by atoms with van der Waals surface area (Å²) < 4.78 is 0. The molecule has 0 saturated heterocycles. The number of aliphatic hydroxyl groups is 1. The average Bonchev–Trinajstić information content (AvgIpc) is 3.27. The fraction of sp³-hybridized carbons (Fsp3) is 0.182. The van der Waals surface area contributed by atoms with E-state index in [-0.39, 0.29) is 5.92 Å². The van der Waals surface area contributed by atoms with Crippen molar-refractivity contribution in [3.8, 4) is 11.8 Å². The molecule has 1 aliphatic rings. The van der Waals surface area contributed by atoms with Crippen LogP contribution in [-0.2, 0) is 5.60 Å². The lowest BCUT2D eigenvalue weighted by atomic mass is 9.87. The van der Waals surface area contributed by atoms with Crippen LogP contribution in [0.2, 0.25) is 0 Å². The molecule has 3 aromatic rings. The van der Waals surface area contributed by atoms with Gasteiger partial charge in [-0.15, -0.1) is 11.3 Å². The van der Waals surface area contributed by atoms with Gasteiger partial charge in [0.25, 0.3) is 0 Å². The molecular weight excluding hydrogens is 312 g/mol. The van der Waals surface area contributed by atoms with Crippen LogP contribution in [0.4, 0.5) is 0 Å². The van der Waals surface area contributed by atoms with Gasteiger partial charge >= 0.3 is 0 Å². The van der Waals surface area contributed by atoms with Gasteiger partial charge in [0.15, 0.2) is 5.60 Å². The molecule has 1 nitrogen and oxygen atoms in total. The van der Waals surface area contributed by atoms with E-state index in [1.54, 1.807) is 11.3 Å². The standard InChI is InChI=1S/C22H18OS/c23-22(18-10-5-2-6-11-18,14-13-17-8-3-1-4-9-17)20-16-19(20)21-12-7-15-24-21/h1-12,15,19-20,23H,16H2. The molecule has 118 valence electrons. The van der Waals surface area contributed by atoms with E-state index >= 15 is 0 Å². The summed E-state index contributed by atoms with van der Waals surface area (Å²) in [6.07, 6.45) is 0.982. The van der Waals surface area contributed by atoms with Gasteiger partial charge < -0.3 is 5.11 Å². The summed E-state index contributed by atoms with van der Waals surface area (Å²) in [5, 5.41) is 13.6. The Kier molecular flexibility index (Phi) is 3.98. The topological polar surface area (TPSA) is 20.2 Å². The van der Waals surface area contributed by atoms with Crippen LogP contribution in [0.3, 0.4) is 0 Å². The maximum absolute atomic E-state index is 11.5. The molecule has 1 heterocycles. The lowest BCUT2D eigenvalue weighted by Crippen LogP contribution is -2.27. The summed E-state index contributed by atoms with van der Waals surface area (Å²) in [6.45, 7) is 0. The van der Waals surface area contributed by atoms with Crippen LogP contribution in [0.5, 0.6) is 0 Å². The molecule has 3 unspecified atom stereocenters. The normalized spacial score (nSPS) is 21.4. The van der Waals surface area contributed by atoms with Crippen molar-refractivity contribution in [2.24, 2.45) is 5.92 Å². The van der Waals surface area contributed by atoms with Crippen molar-refractivity contribution < 1.29 is 5.11 Å². The van der Waals surface area contributed by atoms with E-state index in [0.717, 1.165) is 17.5 Å². The molecule has 1 aliphatic carbocycles. The van der Waals surface area contributed by atoms with Crippen LogP contribution in [0, 0.1) is 17.8 Å². The Bertz CT molecular complexity index is 859. The van der Waals surface area contributed by atoms with Crippen molar-refractivity contribution in [3.63, 3.8) is 0 Å². The van der Waals surface area contributed by atoms with Gasteiger partial charge in [0.2, 0.25) is 0 Å². The Balaban J connectivity index is 1.70. The molecule has 1 aromatic heterocycles. The fourth-order valence-electron chi connectivity index (χ4n) is 3.23. The molecule has 24 heavy (non-hydrogen) atoms. The highest BCUT2D eigenvalue weighted by atomic mass is 32.1. The second-order valence-corrected chi connectivity index (χ2v) is 7.19. The maximum atomic E-state index is 11.5. The SMILES string of the molecule is OC(C#Cc1ccccc1)(c1ccccc1)C1CC1c1cccs1. The second-order valence-electron chi connectivity index (χ2n) is 6.21. The lowest BCUT2D eigenvalue weighted by molar-refractivity contribution is 0.0735. The number of thiophene rings is 1. The monoisotopic (exact) mass is 330 g/mol. The molecule has 2 aromatic carbocycles. The Labute approximate surface area is 146 Å². The minimum Gasteiger partial charge on any atom is -0.373 e. The van der Waals surface area contributed by atoms with Gasteiger partial charge in [-0.2, -0.15) is 0 Å². The quantitative estimate of drug-likeness (QED) is 0.685. The number of rotatable bonds is 3. The van der Waals surface area contributed by atoms with Crippen molar-refractivity contribution in [2.45, 2.75) is 17.9 Å². The zero-order valence-electron chi connectivity index (χ0n) is 13.2. The first kappa shape index (κ1) is 15.2. The Morgan fingerprint density at radius 2 is 1.62 bits per heavy atom. The van der Waals surface area contributed by atoms with Gasteiger partial charge in [-0.25, -0.2) is 0 Å². The molecule has 2 heteroatoms. The minimum absolute atomic E-state index is 0.148. The van der Waals surface area contributed by atoms with Gasteiger partial charge in [0, 0.05) is 22.3 Å². The summed E-state index contributed by atoms with van der Waals surface area (Å²) in [6, 6.07) is 23.9. The first-order valence-corrected chi connectivity index (χ1v) is 9.05. The zero-order valence-corrected chi connectivity index (χ0v) is 14.0. The Hall–Kier alpha value is -2.34. The van der Waals surface area contributed by atoms with Crippen LogP contribution < -0.4 is 0 Å². The van der Waals surface area contributed by atoms with Crippen LogP contribution in [-0.4, -0.2) is 5.11 Å². The first-order valence-electron chi connectivity index (χ1n) is 8.17. The van der Waals surface area contributed by atoms with Crippen LogP contribution in [0.15, 0.2) is 78.2 Å². The van der Waals surface area contributed by atoms with Gasteiger partial charge in [-0.3, -0.25) is 0 Å². The molecule has 0 bridgehead atoms. The molecule has 3 atom stereocenters. The van der Waals surface area contributed by atoms with Gasteiger partial charge in [-0.1, -0.05) is 66.4 Å². The third kappa shape index (κ3) is 2.89. The van der Waals surface area contributed by atoms with Crippen molar-refractivity contribution in [2.75, 3.05) is 0 Å². The highest BCUT2D eigenvalue weighted by molar-refractivity contribution is 7.10. The molecule has 1 fully saturated rings. The molecule has 0 aliphatic heterocycles. The van der Waals surface area contributed by atoms with E-state index in [1.807, 2.05) is 60.7 Å². The third-order valence-corrected chi connectivity index (χ3v) is 5.62. The largest absolute Gasteiger partial charge is 0.373 e. The average molecular weight is 330 g/mol. The van der Waals surface area contributed by atoms with Gasteiger partial charge in [0.1, 0.15) is 0 Å². The maximum Gasteiger partial charge on any atom is 0.154 e. The van der Waals surface area contributed by atoms with Crippen molar-refractivity contribution >= 4 is 11.3 Å².